The Balaban J connectivity index is 0.000000210. The van der Waals surface area contributed by atoms with E-state index in [0.717, 1.165) is 77.5 Å². The predicted octanol–water partition coefficient (Wildman–Crippen LogP) is 16.4. The zero-order chi connectivity index (χ0) is 46.3. The molecule has 0 bridgehead atoms. The van der Waals surface area contributed by atoms with E-state index in [0.29, 0.717) is 0 Å². The van der Waals surface area contributed by atoms with Gasteiger partial charge in [-0.1, -0.05) is 171 Å². The largest absolute Gasteiger partial charge is 0.501 e. The molecule has 4 aromatic heterocycles. The van der Waals surface area contributed by atoms with Gasteiger partial charge < -0.3 is 13.8 Å². The molecule has 0 aliphatic rings. The second kappa shape index (κ2) is 17.1. The molecule has 0 aliphatic carbocycles. The molecule has 9 aromatic carbocycles. The minimum atomic E-state index is -1.50. The van der Waals surface area contributed by atoms with Crippen LogP contribution in [0.1, 0.15) is 26.7 Å². The van der Waals surface area contributed by atoms with E-state index in [-0.39, 0.29) is 20.1 Å². The smallest absolute Gasteiger partial charge is 0.121 e. The molecule has 1 radical (unpaired) electrons. The molecule has 0 saturated carbocycles. The average molecular weight is 1070 g/mol. The Bertz CT molecular complexity index is 4180. The third kappa shape index (κ3) is 7.23. The standard InChI is InChI=1S/C45H25N2O.C17H22NSi.Ir/c1-2-12-29-27(11-1)23-24-28-25-39-36-19-9-20-37(44(36)48-42(39)26-38(28)29)45-46-40-21-10-18-35-33-16-6-4-14-31(33)30-13-3-5-15-32(30)34-17-7-8-22-41(34)47(45)43(35)40;1-13(2)15-11-16(14-9-7-6-8-10-14)18-12-17(15)19(3,4)5;/h1-19,21-26H;6-9,11-13H,1-5H3;/q2*-1;/i;13D;. The Hall–Kier alpha value is -7.21. The van der Waals surface area contributed by atoms with Crippen LogP contribution in [-0.2, 0) is 20.1 Å². The predicted molar refractivity (Wildman–Crippen MR) is 286 cm³/mol. The Labute approximate surface area is 411 Å². The summed E-state index contributed by atoms with van der Waals surface area (Å²) in [6, 6.07) is 70.8. The fourth-order valence-corrected chi connectivity index (χ4v) is 11.7. The van der Waals surface area contributed by atoms with Gasteiger partial charge in [-0.15, -0.1) is 54.1 Å². The minimum Gasteiger partial charge on any atom is -0.501 e. The van der Waals surface area contributed by atoms with Crippen molar-refractivity contribution in [2.45, 2.75) is 39.4 Å². The van der Waals surface area contributed by atoms with E-state index in [1.165, 1.54) is 48.3 Å². The molecule has 4 nitrogen and oxygen atoms in total. The number of benzene rings is 9. The van der Waals surface area contributed by atoms with Gasteiger partial charge in [0, 0.05) is 49.3 Å². The second-order valence-corrected chi connectivity index (χ2v) is 23.8. The second-order valence-electron chi connectivity index (χ2n) is 18.7. The monoisotopic (exact) mass is 1070 g/mol. The third-order valence-electron chi connectivity index (χ3n) is 13.3. The minimum absolute atomic E-state index is 0. The zero-order valence-electron chi connectivity index (χ0n) is 39.5. The zero-order valence-corrected chi connectivity index (χ0v) is 41.9. The van der Waals surface area contributed by atoms with Crippen molar-refractivity contribution in [1.29, 1.82) is 0 Å². The van der Waals surface area contributed by atoms with Gasteiger partial charge in [-0.05, 0) is 84.1 Å². The van der Waals surface area contributed by atoms with Crippen molar-refractivity contribution in [3.05, 3.63) is 206 Å². The fraction of sp³-hybridized carbons (Fsp3) is 0.0968. The maximum Gasteiger partial charge on any atom is 0.121 e. The van der Waals surface area contributed by atoms with Gasteiger partial charge in [0.15, 0.2) is 0 Å². The van der Waals surface area contributed by atoms with Crippen LogP contribution in [0.4, 0.5) is 0 Å². The van der Waals surface area contributed by atoms with Gasteiger partial charge in [0.2, 0.25) is 0 Å². The number of fused-ring (bicyclic) bond motifs is 13. The van der Waals surface area contributed by atoms with Crippen LogP contribution in [0.3, 0.4) is 0 Å². The fourth-order valence-electron chi connectivity index (χ4n) is 10.1. The Morgan fingerprint density at radius 2 is 1.22 bits per heavy atom. The van der Waals surface area contributed by atoms with E-state index in [2.05, 4.69) is 193 Å². The summed E-state index contributed by atoms with van der Waals surface area (Å²) in [6.45, 7) is 10.8. The number of para-hydroxylation sites is 2. The van der Waals surface area contributed by atoms with Crippen molar-refractivity contribution in [3.63, 3.8) is 0 Å². The topological polar surface area (TPSA) is 43.3 Å². The summed E-state index contributed by atoms with van der Waals surface area (Å²) in [4.78, 5) is 9.99. The molecule has 0 N–H and O–H groups in total. The van der Waals surface area contributed by atoms with E-state index < -0.39 is 14.0 Å². The van der Waals surface area contributed by atoms with Gasteiger partial charge in [0.05, 0.1) is 30.5 Å². The van der Waals surface area contributed by atoms with Crippen LogP contribution < -0.4 is 5.19 Å². The van der Waals surface area contributed by atoms with Crippen LogP contribution in [0.2, 0.25) is 19.6 Å². The van der Waals surface area contributed by atoms with Gasteiger partial charge in [-0.25, -0.2) is 0 Å². The molecule has 331 valence electrons. The van der Waals surface area contributed by atoms with E-state index in [1.54, 1.807) is 0 Å². The van der Waals surface area contributed by atoms with Gasteiger partial charge in [-0.2, -0.15) is 0 Å². The summed E-state index contributed by atoms with van der Waals surface area (Å²) in [6.07, 6.45) is 1.98. The molecule has 4 heterocycles. The summed E-state index contributed by atoms with van der Waals surface area (Å²) in [5.41, 5.74) is 8.55. The molecule has 6 heteroatoms. The van der Waals surface area contributed by atoms with Crippen LogP contribution in [0.25, 0.3) is 115 Å². The van der Waals surface area contributed by atoms with Crippen LogP contribution in [0, 0.1) is 12.1 Å². The maximum atomic E-state index is 8.44. The molecular formula is C62H47IrN3OSi-2. The van der Waals surface area contributed by atoms with E-state index in [4.69, 9.17) is 10.8 Å². The Kier molecular flexibility index (Phi) is 10.6. The number of hydrogen-bond acceptors (Lipinski definition) is 3. The summed E-state index contributed by atoms with van der Waals surface area (Å²) < 4.78 is 17.6. The molecule has 0 aliphatic heterocycles. The summed E-state index contributed by atoms with van der Waals surface area (Å²) in [5.74, 6) is 0.198. The number of imidazole rings is 1. The van der Waals surface area contributed by atoms with Gasteiger partial charge >= 0.3 is 0 Å². The first-order valence-electron chi connectivity index (χ1n) is 23.5. The van der Waals surface area contributed by atoms with Crippen molar-refractivity contribution in [2.24, 2.45) is 0 Å². The SMILES string of the molecule is [2H]C(C)(C)c1cc(-c2[c-]cccc2)ncc1[Si](C)(C)C.[Ir].[c-]1ccc2c(oc3cc4c(ccc5ccccc54)cc32)c1-c1nc2cccc3c4ccccc4c4ccccc4c4ccccc4n1c23. The van der Waals surface area contributed by atoms with Gasteiger partial charge in [0.1, 0.15) is 5.58 Å². The van der Waals surface area contributed by atoms with Crippen LogP contribution in [-0.4, -0.2) is 22.4 Å². The number of nitrogens with zero attached hydrogens (tertiary/aromatic N) is 3. The summed E-state index contributed by atoms with van der Waals surface area (Å²) in [5, 5.41) is 15.3. The van der Waals surface area contributed by atoms with Crippen LogP contribution in [0.5, 0.6) is 0 Å². The number of furan rings is 1. The van der Waals surface area contributed by atoms with E-state index in [1.807, 2.05) is 50.4 Å². The molecule has 0 fully saturated rings. The molecule has 68 heavy (non-hydrogen) atoms. The number of pyridine rings is 1. The molecular weight excluding hydrogens is 1020 g/mol. The molecule has 0 amide bonds. The molecule has 0 unspecified atom stereocenters. The van der Waals surface area contributed by atoms with Crippen molar-refractivity contribution in [2.75, 3.05) is 0 Å². The summed E-state index contributed by atoms with van der Waals surface area (Å²) >= 11 is 0. The number of hydrogen-bond donors (Lipinski definition) is 0. The molecule has 0 saturated heterocycles. The van der Waals surface area contributed by atoms with Crippen molar-refractivity contribution in [3.8, 4) is 22.6 Å². The molecule has 0 spiro atoms. The van der Waals surface area contributed by atoms with Crippen molar-refractivity contribution < 1.29 is 25.9 Å². The maximum absolute atomic E-state index is 8.44. The van der Waals surface area contributed by atoms with Crippen molar-refractivity contribution in [1.82, 2.24) is 14.4 Å². The van der Waals surface area contributed by atoms with Gasteiger partial charge in [0.25, 0.3) is 0 Å². The van der Waals surface area contributed by atoms with Crippen molar-refractivity contribution >= 4 is 106 Å². The number of rotatable bonds is 4. The summed E-state index contributed by atoms with van der Waals surface area (Å²) in [7, 11) is -1.50. The Morgan fingerprint density at radius 3 is 1.94 bits per heavy atom. The van der Waals surface area contributed by atoms with E-state index >= 15 is 0 Å². The third-order valence-corrected chi connectivity index (χ3v) is 15.3. The first-order valence-corrected chi connectivity index (χ1v) is 26.5. The van der Waals surface area contributed by atoms with Crippen LogP contribution >= 0.6 is 0 Å². The van der Waals surface area contributed by atoms with E-state index in [9.17, 15) is 0 Å². The van der Waals surface area contributed by atoms with Crippen LogP contribution in [0.15, 0.2) is 193 Å². The molecule has 13 aromatic rings. The number of aromatic nitrogens is 3. The van der Waals surface area contributed by atoms with Gasteiger partial charge in [-0.3, -0.25) is 4.98 Å². The normalized spacial score (nSPS) is 12.3. The molecule has 0 atom stereocenters. The average Bonchev–Trinajstić information content (AvgIpc) is 3.94. The Morgan fingerprint density at radius 1 is 0.574 bits per heavy atom. The first-order chi connectivity index (χ1) is 33.0. The first kappa shape index (κ1) is 42.2. The molecule has 13 rings (SSSR count). The quantitative estimate of drug-likeness (QED) is 0.100.